The minimum atomic E-state index is 0.306. The lowest BCUT2D eigenvalue weighted by Gasteiger charge is -2.32. The number of hydrogen-bond acceptors (Lipinski definition) is 7. The van der Waals surface area contributed by atoms with Crippen molar-refractivity contribution in [2.24, 2.45) is 0 Å². The highest BCUT2D eigenvalue weighted by Crippen LogP contribution is 2.40. The zero-order valence-electron chi connectivity index (χ0n) is 12.4. The van der Waals surface area contributed by atoms with Crippen molar-refractivity contribution in [3.05, 3.63) is 5.28 Å². The summed E-state index contributed by atoms with van der Waals surface area (Å²) >= 11 is 6.19. The van der Waals surface area contributed by atoms with Crippen molar-refractivity contribution < 1.29 is 9.47 Å². The van der Waals surface area contributed by atoms with Crippen LogP contribution >= 0.6 is 11.6 Å². The summed E-state index contributed by atoms with van der Waals surface area (Å²) in [5.41, 5.74) is 0.998. The van der Waals surface area contributed by atoms with E-state index >= 15 is 0 Å². The van der Waals surface area contributed by atoms with Crippen LogP contribution in [0.5, 0.6) is 0 Å². The number of nitrogens with one attached hydrogen (secondary N) is 1. The smallest absolute Gasteiger partial charge is 0.226 e. The van der Waals surface area contributed by atoms with Gasteiger partial charge in [-0.2, -0.15) is 9.97 Å². The SMILES string of the molecule is Clc1nc(N2CCOCC2)c2c(n1)N(C1CCOCC1)CN2. The molecular weight excluding hydrogens is 306 g/mol. The molecule has 0 bridgehead atoms. The van der Waals surface area contributed by atoms with E-state index < -0.39 is 0 Å². The Morgan fingerprint density at radius 1 is 1.00 bits per heavy atom. The van der Waals surface area contributed by atoms with Crippen LogP contribution in [-0.2, 0) is 9.47 Å². The van der Waals surface area contributed by atoms with Crippen molar-refractivity contribution in [3.63, 3.8) is 0 Å². The van der Waals surface area contributed by atoms with Crippen LogP contribution in [0.25, 0.3) is 0 Å². The molecule has 2 fully saturated rings. The van der Waals surface area contributed by atoms with Crippen LogP contribution in [0.3, 0.4) is 0 Å². The summed E-state index contributed by atoms with van der Waals surface area (Å²) in [6, 6.07) is 0.450. The number of aromatic nitrogens is 2. The molecule has 0 aromatic carbocycles. The van der Waals surface area contributed by atoms with Crippen molar-refractivity contribution >= 4 is 28.9 Å². The number of morpholine rings is 1. The first kappa shape index (κ1) is 14.3. The molecular formula is C14H20ClN5O2. The Bertz CT molecular complexity index is 546. The van der Waals surface area contributed by atoms with Gasteiger partial charge in [0.2, 0.25) is 5.28 Å². The number of anilines is 3. The van der Waals surface area contributed by atoms with Crippen LogP contribution in [-0.4, -0.2) is 62.2 Å². The predicted octanol–water partition coefficient (Wildman–Crippen LogP) is 1.33. The van der Waals surface area contributed by atoms with Gasteiger partial charge in [-0.3, -0.25) is 0 Å². The summed E-state index contributed by atoms with van der Waals surface area (Å²) < 4.78 is 10.9. The van der Waals surface area contributed by atoms with Gasteiger partial charge in [-0.05, 0) is 24.4 Å². The van der Waals surface area contributed by atoms with Gasteiger partial charge in [-0.1, -0.05) is 0 Å². The molecule has 0 saturated carbocycles. The maximum atomic E-state index is 6.19. The molecule has 0 atom stereocenters. The number of rotatable bonds is 2. The Kier molecular flexibility index (Phi) is 3.94. The molecule has 120 valence electrons. The van der Waals surface area contributed by atoms with Gasteiger partial charge in [0, 0.05) is 32.3 Å². The molecule has 1 N–H and O–H groups in total. The molecule has 0 unspecified atom stereocenters. The number of ether oxygens (including phenoxy) is 2. The topological polar surface area (TPSA) is 62.8 Å². The second-order valence-corrected chi connectivity index (χ2v) is 6.10. The highest BCUT2D eigenvalue weighted by atomic mass is 35.5. The number of fused-ring (bicyclic) bond motifs is 1. The fourth-order valence-corrected chi connectivity index (χ4v) is 3.48. The molecule has 8 heteroatoms. The first-order chi connectivity index (χ1) is 10.8. The second kappa shape index (κ2) is 6.06. The zero-order chi connectivity index (χ0) is 14.9. The average Bonchev–Trinajstić information content (AvgIpc) is 2.99. The molecule has 2 saturated heterocycles. The van der Waals surface area contributed by atoms with Gasteiger partial charge in [-0.15, -0.1) is 0 Å². The van der Waals surface area contributed by atoms with Crippen molar-refractivity contribution in [1.82, 2.24) is 9.97 Å². The quantitative estimate of drug-likeness (QED) is 0.823. The van der Waals surface area contributed by atoms with Crippen LogP contribution in [0, 0.1) is 0 Å². The number of halogens is 1. The highest BCUT2D eigenvalue weighted by molar-refractivity contribution is 6.28. The van der Waals surface area contributed by atoms with Crippen molar-refractivity contribution in [3.8, 4) is 0 Å². The zero-order valence-corrected chi connectivity index (χ0v) is 13.2. The molecule has 22 heavy (non-hydrogen) atoms. The summed E-state index contributed by atoms with van der Waals surface area (Å²) in [7, 11) is 0. The molecule has 3 aliphatic heterocycles. The predicted molar refractivity (Wildman–Crippen MR) is 84.9 cm³/mol. The first-order valence-electron chi connectivity index (χ1n) is 7.81. The highest BCUT2D eigenvalue weighted by Gasteiger charge is 2.33. The van der Waals surface area contributed by atoms with Gasteiger partial charge in [0.15, 0.2) is 11.6 Å². The fraction of sp³-hybridized carbons (Fsp3) is 0.714. The summed E-state index contributed by atoms with van der Waals surface area (Å²) in [4.78, 5) is 13.5. The summed E-state index contributed by atoms with van der Waals surface area (Å²) in [6.07, 6.45) is 2.05. The van der Waals surface area contributed by atoms with E-state index in [1.165, 1.54) is 0 Å². The van der Waals surface area contributed by atoms with Crippen molar-refractivity contribution in [2.45, 2.75) is 18.9 Å². The molecule has 1 aromatic rings. The van der Waals surface area contributed by atoms with Gasteiger partial charge in [0.25, 0.3) is 0 Å². The summed E-state index contributed by atoms with van der Waals surface area (Å²) in [5.74, 6) is 1.82. The Hall–Kier alpha value is -1.31. The molecule has 4 rings (SSSR count). The third-order valence-electron chi connectivity index (χ3n) is 4.48. The minimum Gasteiger partial charge on any atom is -0.381 e. The lowest BCUT2D eigenvalue weighted by Crippen LogP contribution is -2.39. The van der Waals surface area contributed by atoms with Gasteiger partial charge in [-0.25, -0.2) is 0 Å². The maximum absolute atomic E-state index is 6.19. The van der Waals surface area contributed by atoms with E-state index in [-0.39, 0.29) is 0 Å². The Balaban J connectivity index is 1.65. The summed E-state index contributed by atoms with van der Waals surface area (Å²) in [6.45, 7) is 5.49. The molecule has 7 nitrogen and oxygen atoms in total. The van der Waals surface area contributed by atoms with E-state index in [2.05, 4.69) is 25.1 Å². The lowest BCUT2D eigenvalue weighted by molar-refractivity contribution is 0.0849. The van der Waals surface area contributed by atoms with E-state index in [9.17, 15) is 0 Å². The van der Waals surface area contributed by atoms with Crippen LogP contribution in [0.2, 0.25) is 5.28 Å². The standard InChI is InChI=1S/C14H20ClN5O2/c15-14-17-12(19-3-7-22-8-4-19)11-13(18-14)20(9-16-11)10-1-5-21-6-2-10/h10,16H,1-9H2. The van der Waals surface area contributed by atoms with Crippen LogP contribution in [0.1, 0.15) is 12.8 Å². The Labute approximate surface area is 134 Å². The first-order valence-corrected chi connectivity index (χ1v) is 8.19. The third kappa shape index (κ3) is 2.57. The normalized spacial score (nSPS) is 22.6. The van der Waals surface area contributed by atoms with Gasteiger partial charge >= 0.3 is 0 Å². The maximum Gasteiger partial charge on any atom is 0.226 e. The molecule has 1 aromatic heterocycles. The largest absolute Gasteiger partial charge is 0.381 e. The van der Waals surface area contributed by atoms with Gasteiger partial charge in [0.1, 0.15) is 5.69 Å². The molecule has 0 radical (unpaired) electrons. The van der Waals surface area contributed by atoms with E-state index in [0.717, 1.165) is 76.4 Å². The molecule has 4 heterocycles. The van der Waals surface area contributed by atoms with Crippen molar-refractivity contribution in [1.29, 1.82) is 0 Å². The van der Waals surface area contributed by atoms with Crippen molar-refractivity contribution in [2.75, 3.05) is 61.3 Å². The Morgan fingerprint density at radius 3 is 2.45 bits per heavy atom. The van der Waals surface area contributed by atoms with Gasteiger partial charge < -0.3 is 24.6 Å². The minimum absolute atomic E-state index is 0.306. The third-order valence-corrected chi connectivity index (χ3v) is 4.65. The van der Waals surface area contributed by atoms with Crippen LogP contribution in [0.4, 0.5) is 17.3 Å². The van der Waals surface area contributed by atoms with E-state index in [4.69, 9.17) is 21.1 Å². The van der Waals surface area contributed by atoms with E-state index in [1.807, 2.05) is 0 Å². The van der Waals surface area contributed by atoms with E-state index in [0.29, 0.717) is 11.3 Å². The Morgan fingerprint density at radius 2 is 1.68 bits per heavy atom. The average molecular weight is 326 g/mol. The van der Waals surface area contributed by atoms with Crippen LogP contribution < -0.4 is 15.1 Å². The van der Waals surface area contributed by atoms with Gasteiger partial charge in [0.05, 0.1) is 19.9 Å². The molecule has 0 spiro atoms. The number of nitrogens with zero attached hydrogens (tertiary/aromatic N) is 4. The molecule has 0 amide bonds. The monoisotopic (exact) mass is 325 g/mol. The molecule has 0 aliphatic carbocycles. The second-order valence-electron chi connectivity index (χ2n) is 5.76. The lowest BCUT2D eigenvalue weighted by atomic mass is 10.1. The van der Waals surface area contributed by atoms with E-state index in [1.54, 1.807) is 0 Å². The molecule has 3 aliphatic rings. The fourth-order valence-electron chi connectivity index (χ4n) is 3.32. The van der Waals surface area contributed by atoms with Crippen LogP contribution in [0.15, 0.2) is 0 Å². The number of hydrogen-bond donors (Lipinski definition) is 1. The summed E-state index contributed by atoms with van der Waals surface area (Å²) in [5, 5.41) is 3.77.